The fourth-order valence-electron chi connectivity index (χ4n) is 1.48. The summed E-state index contributed by atoms with van der Waals surface area (Å²) >= 11 is 0. The van der Waals surface area contributed by atoms with Crippen LogP contribution in [0.4, 0.5) is 0 Å². The third-order valence-electron chi connectivity index (χ3n) is 2.78. The molecule has 0 radical (unpaired) electrons. The van der Waals surface area contributed by atoms with Crippen LogP contribution in [0.15, 0.2) is 0 Å². The van der Waals surface area contributed by atoms with E-state index in [2.05, 4.69) is 13.8 Å². The molecule has 0 aromatic carbocycles. The molecule has 9 heavy (non-hydrogen) atoms. The Morgan fingerprint density at radius 2 is 2.00 bits per heavy atom. The Hall–Kier alpha value is -0.0800. The Labute approximate surface area is 56.1 Å². The Bertz CT molecular complexity index is 116. The van der Waals surface area contributed by atoms with Crippen molar-refractivity contribution in [2.45, 2.75) is 20.3 Å². The van der Waals surface area contributed by atoms with Crippen LogP contribution in [0.2, 0.25) is 0 Å². The molecule has 1 fully saturated rings. The molecular weight excluding hydrogens is 114 g/mol. The number of hydrogen-bond acceptors (Lipinski definition) is 2. The standard InChI is InChI=1S/C7H15NO/c1-6(2)3-7(6,4-8)5-9/h9H,3-5,8H2,1-2H3/t7-/m1/s1. The van der Waals surface area contributed by atoms with Crippen LogP contribution in [0.1, 0.15) is 20.3 Å². The van der Waals surface area contributed by atoms with Crippen molar-refractivity contribution < 1.29 is 5.11 Å². The van der Waals surface area contributed by atoms with Crippen LogP contribution in [-0.2, 0) is 0 Å². The Morgan fingerprint density at radius 1 is 1.56 bits per heavy atom. The van der Waals surface area contributed by atoms with E-state index in [1.165, 1.54) is 0 Å². The van der Waals surface area contributed by atoms with Gasteiger partial charge in [0, 0.05) is 12.0 Å². The van der Waals surface area contributed by atoms with Gasteiger partial charge in [0.1, 0.15) is 0 Å². The fraction of sp³-hybridized carbons (Fsp3) is 1.00. The van der Waals surface area contributed by atoms with Gasteiger partial charge in [-0.2, -0.15) is 0 Å². The van der Waals surface area contributed by atoms with Crippen molar-refractivity contribution in [2.75, 3.05) is 13.2 Å². The molecule has 0 unspecified atom stereocenters. The Balaban J connectivity index is 2.57. The predicted octanol–water partition coefficient (Wildman–Crippen LogP) is 0.354. The highest BCUT2D eigenvalue weighted by Crippen LogP contribution is 2.62. The van der Waals surface area contributed by atoms with Gasteiger partial charge in [-0.1, -0.05) is 13.8 Å². The van der Waals surface area contributed by atoms with E-state index in [4.69, 9.17) is 10.8 Å². The molecule has 0 heterocycles. The lowest BCUT2D eigenvalue weighted by atomic mass is 9.97. The minimum absolute atomic E-state index is 0.0625. The predicted molar refractivity (Wildman–Crippen MR) is 37.0 cm³/mol. The first-order valence-electron chi connectivity index (χ1n) is 3.39. The Morgan fingerprint density at radius 3 is 2.00 bits per heavy atom. The Kier molecular flexibility index (Phi) is 1.33. The van der Waals surface area contributed by atoms with E-state index in [-0.39, 0.29) is 17.4 Å². The maximum atomic E-state index is 8.91. The molecule has 1 aliphatic rings. The first-order valence-corrected chi connectivity index (χ1v) is 3.39. The zero-order valence-corrected chi connectivity index (χ0v) is 6.15. The molecule has 0 bridgehead atoms. The molecule has 1 atom stereocenters. The van der Waals surface area contributed by atoms with E-state index in [9.17, 15) is 0 Å². The molecule has 0 aliphatic heterocycles. The molecule has 1 rings (SSSR count). The first kappa shape index (κ1) is 7.03. The molecular formula is C7H15NO. The van der Waals surface area contributed by atoms with Crippen LogP contribution in [0.25, 0.3) is 0 Å². The largest absolute Gasteiger partial charge is 0.396 e. The molecule has 0 aromatic rings. The number of aliphatic hydroxyl groups is 1. The number of aliphatic hydroxyl groups excluding tert-OH is 1. The van der Waals surface area contributed by atoms with Gasteiger partial charge in [-0.05, 0) is 11.8 Å². The van der Waals surface area contributed by atoms with E-state index in [1.54, 1.807) is 0 Å². The van der Waals surface area contributed by atoms with Crippen molar-refractivity contribution in [1.29, 1.82) is 0 Å². The summed E-state index contributed by atoms with van der Waals surface area (Å²) in [5.41, 5.74) is 5.85. The highest BCUT2D eigenvalue weighted by molar-refractivity contribution is 5.09. The van der Waals surface area contributed by atoms with Gasteiger partial charge in [0.15, 0.2) is 0 Å². The minimum Gasteiger partial charge on any atom is -0.396 e. The zero-order valence-electron chi connectivity index (χ0n) is 6.15. The van der Waals surface area contributed by atoms with E-state index < -0.39 is 0 Å². The molecule has 0 saturated heterocycles. The molecule has 0 amide bonds. The second kappa shape index (κ2) is 1.70. The second-order valence-electron chi connectivity index (χ2n) is 3.70. The van der Waals surface area contributed by atoms with E-state index in [1.807, 2.05) is 0 Å². The van der Waals surface area contributed by atoms with Gasteiger partial charge >= 0.3 is 0 Å². The van der Waals surface area contributed by atoms with Crippen molar-refractivity contribution in [3.05, 3.63) is 0 Å². The van der Waals surface area contributed by atoms with Crippen LogP contribution in [0.5, 0.6) is 0 Å². The molecule has 2 nitrogen and oxygen atoms in total. The molecule has 54 valence electrons. The maximum Gasteiger partial charge on any atom is 0.0504 e. The second-order valence-corrected chi connectivity index (χ2v) is 3.70. The van der Waals surface area contributed by atoms with Crippen molar-refractivity contribution >= 4 is 0 Å². The van der Waals surface area contributed by atoms with E-state index in [0.29, 0.717) is 6.54 Å². The average Bonchev–Trinajstić information content (AvgIpc) is 2.35. The summed E-state index contributed by atoms with van der Waals surface area (Å²) in [6.07, 6.45) is 1.08. The van der Waals surface area contributed by atoms with E-state index in [0.717, 1.165) is 6.42 Å². The molecule has 3 N–H and O–H groups in total. The van der Waals surface area contributed by atoms with Crippen molar-refractivity contribution in [3.63, 3.8) is 0 Å². The third-order valence-corrected chi connectivity index (χ3v) is 2.78. The lowest BCUT2D eigenvalue weighted by molar-refractivity contribution is 0.186. The van der Waals surface area contributed by atoms with Crippen molar-refractivity contribution in [2.24, 2.45) is 16.6 Å². The summed E-state index contributed by atoms with van der Waals surface area (Å²) in [5, 5.41) is 8.91. The summed E-state index contributed by atoms with van der Waals surface area (Å²) in [5.74, 6) is 0. The summed E-state index contributed by atoms with van der Waals surface area (Å²) in [6, 6.07) is 0. The van der Waals surface area contributed by atoms with Crippen LogP contribution in [-0.4, -0.2) is 18.3 Å². The minimum atomic E-state index is 0.0625. The van der Waals surface area contributed by atoms with Crippen LogP contribution in [0.3, 0.4) is 0 Å². The average molecular weight is 129 g/mol. The van der Waals surface area contributed by atoms with Gasteiger partial charge in [0.25, 0.3) is 0 Å². The number of rotatable bonds is 2. The highest BCUT2D eigenvalue weighted by Gasteiger charge is 2.59. The van der Waals surface area contributed by atoms with Crippen LogP contribution >= 0.6 is 0 Å². The molecule has 0 aromatic heterocycles. The van der Waals surface area contributed by atoms with Gasteiger partial charge in [-0.25, -0.2) is 0 Å². The highest BCUT2D eigenvalue weighted by atomic mass is 16.3. The SMILES string of the molecule is CC1(C)C[C@@]1(CN)CO. The lowest BCUT2D eigenvalue weighted by Gasteiger charge is -2.13. The fourth-order valence-corrected chi connectivity index (χ4v) is 1.48. The monoisotopic (exact) mass is 129 g/mol. The van der Waals surface area contributed by atoms with E-state index >= 15 is 0 Å². The summed E-state index contributed by atoms with van der Waals surface area (Å²) < 4.78 is 0. The van der Waals surface area contributed by atoms with Crippen molar-refractivity contribution in [1.82, 2.24) is 0 Å². The summed E-state index contributed by atoms with van der Waals surface area (Å²) in [4.78, 5) is 0. The van der Waals surface area contributed by atoms with Gasteiger partial charge in [-0.15, -0.1) is 0 Å². The molecule has 2 heteroatoms. The topological polar surface area (TPSA) is 46.2 Å². The number of hydrogen-bond donors (Lipinski definition) is 2. The van der Waals surface area contributed by atoms with Crippen molar-refractivity contribution in [3.8, 4) is 0 Å². The third kappa shape index (κ3) is 0.775. The maximum absolute atomic E-state index is 8.91. The van der Waals surface area contributed by atoms with Gasteiger partial charge in [0.2, 0.25) is 0 Å². The smallest absolute Gasteiger partial charge is 0.0504 e. The molecule has 1 aliphatic carbocycles. The quantitative estimate of drug-likeness (QED) is 0.565. The lowest BCUT2D eigenvalue weighted by Crippen LogP contribution is -2.24. The van der Waals surface area contributed by atoms with Gasteiger partial charge in [-0.3, -0.25) is 0 Å². The normalized spacial score (nSPS) is 38.7. The zero-order chi connectivity index (χ0) is 7.12. The number of nitrogens with two attached hydrogens (primary N) is 1. The van der Waals surface area contributed by atoms with Crippen LogP contribution in [0, 0.1) is 10.8 Å². The molecule has 0 spiro atoms. The molecule has 1 saturated carbocycles. The summed E-state index contributed by atoms with van der Waals surface area (Å²) in [6.45, 7) is 5.17. The van der Waals surface area contributed by atoms with Crippen LogP contribution < -0.4 is 5.73 Å². The van der Waals surface area contributed by atoms with Gasteiger partial charge < -0.3 is 10.8 Å². The first-order chi connectivity index (χ1) is 4.08. The van der Waals surface area contributed by atoms with Gasteiger partial charge in [0.05, 0.1) is 6.61 Å². The summed E-state index contributed by atoms with van der Waals surface area (Å²) in [7, 11) is 0.